The Balaban J connectivity index is 2.46. The lowest BCUT2D eigenvalue weighted by atomic mass is 9.99. The highest BCUT2D eigenvalue weighted by Crippen LogP contribution is 2.27. The first-order chi connectivity index (χ1) is 14.6. The molecule has 0 aliphatic heterocycles. The predicted molar refractivity (Wildman–Crippen MR) is 124 cm³/mol. The van der Waals surface area contributed by atoms with Crippen molar-refractivity contribution in [1.82, 2.24) is 9.47 Å². The predicted octanol–water partition coefficient (Wildman–Crippen LogP) is 5.12. The van der Waals surface area contributed by atoms with Crippen LogP contribution < -0.4 is 0 Å². The van der Waals surface area contributed by atoms with E-state index in [4.69, 9.17) is 4.74 Å². The van der Waals surface area contributed by atoms with Crippen LogP contribution in [0.1, 0.15) is 82.8 Å². The van der Waals surface area contributed by atoms with Gasteiger partial charge in [-0.1, -0.05) is 19.9 Å². The summed E-state index contributed by atoms with van der Waals surface area (Å²) in [6, 6.07) is 2.98. The van der Waals surface area contributed by atoms with E-state index in [0.29, 0.717) is 40.7 Å². The van der Waals surface area contributed by atoms with Crippen LogP contribution in [0.4, 0.5) is 0 Å². The minimum atomic E-state index is -0.645. The number of rotatable bonds is 10. The van der Waals surface area contributed by atoms with E-state index in [1.807, 2.05) is 29.9 Å². The molecule has 2 aromatic rings. The normalized spacial score (nSPS) is 12.1. The molecule has 6 nitrogen and oxygen atoms in total. The van der Waals surface area contributed by atoms with Gasteiger partial charge in [0.2, 0.25) is 0 Å². The van der Waals surface area contributed by atoms with Gasteiger partial charge in [-0.25, -0.2) is 4.79 Å². The summed E-state index contributed by atoms with van der Waals surface area (Å²) in [4.78, 5) is 41.7. The largest absolute Gasteiger partial charge is 0.461 e. The van der Waals surface area contributed by atoms with E-state index in [1.54, 1.807) is 31.7 Å². The smallest absolute Gasteiger partial charge is 0.355 e. The third-order valence-corrected chi connectivity index (χ3v) is 6.44. The zero-order chi connectivity index (χ0) is 23.3. The van der Waals surface area contributed by atoms with Crippen molar-refractivity contribution in [2.24, 2.45) is 5.92 Å². The van der Waals surface area contributed by atoms with Crippen LogP contribution in [0.5, 0.6) is 0 Å². The molecular formula is C24H34N2O4S. The van der Waals surface area contributed by atoms with Crippen LogP contribution in [-0.4, -0.2) is 46.3 Å². The van der Waals surface area contributed by atoms with Crippen LogP contribution in [-0.2, 0) is 11.3 Å². The number of ether oxygens (including phenoxy) is 1. The topological polar surface area (TPSA) is 68.6 Å². The van der Waals surface area contributed by atoms with Gasteiger partial charge in [0, 0.05) is 24.3 Å². The monoisotopic (exact) mass is 446 g/mol. The number of esters is 1. The summed E-state index contributed by atoms with van der Waals surface area (Å²) in [6.07, 6.45) is 0.802. The molecule has 0 aliphatic carbocycles. The van der Waals surface area contributed by atoms with Crippen LogP contribution in [0.3, 0.4) is 0 Å². The summed E-state index contributed by atoms with van der Waals surface area (Å²) < 4.78 is 7.05. The van der Waals surface area contributed by atoms with Crippen LogP contribution in [0.2, 0.25) is 0 Å². The number of ketones is 1. The van der Waals surface area contributed by atoms with E-state index in [-0.39, 0.29) is 18.3 Å². The molecule has 0 N–H and O–H groups in total. The Morgan fingerprint density at radius 2 is 1.84 bits per heavy atom. The lowest BCUT2D eigenvalue weighted by Gasteiger charge is -2.29. The Bertz CT molecular complexity index is 928. The first-order valence-electron chi connectivity index (χ1n) is 10.9. The first-order valence-corrected chi connectivity index (χ1v) is 11.8. The van der Waals surface area contributed by atoms with Gasteiger partial charge in [-0.3, -0.25) is 9.59 Å². The van der Waals surface area contributed by atoms with Crippen molar-refractivity contribution in [2.45, 2.75) is 67.5 Å². The van der Waals surface area contributed by atoms with Crippen molar-refractivity contribution >= 4 is 29.0 Å². The third kappa shape index (κ3) is 5.26. The summed E-state index contributed by atoms with van der Waals surface area (Å²) in [5.74, 6) is -0.308. The first kappa shape index (κ1) is 24.9. The van der Waals surface area contributed by atoms with Gasteiger partial charge in [-0.2, -0.15) is 0 Å². The molecule has 170 valence electrons. The minimum absolute atomic E-state index is 0.132. The van der Waals surface area contributed by atoms with E-state index in [9.17, 15) is 14.4 Å². The average molecular weight is 447 g/mol. The molecule has 7 heteroatoms. The second kappa shape index (κ2) is 10.8. The molecule has 0 radical (unpaired) electrons. The molecule has 1 unspecified atom stereocenters. The third-order valence-electron chi connectivity index (χ3n) is 5.59. The molecule has 0 fully saturated rings. The number of amides is 1. The number of nitrogens with zero attached hydrogens (tertiary/aromatic N) is 2. The van der Waals surface area contributed by atoms with Gasteiger partial charge in [0.25, 0.3) is 5.91 Å². The molecule has 0 aliphatic rings. The lowest BCUT2D eigenvalue weighted by molar-refractivity contribution is 0.0512. The van der Waals surface area contributed by atoms with E-state index in [2.05, 4.69) is 13.8 Å². The van der Waals surface area contributed by atoms with Crippen molar-refractivity contribution < 1.29 is 19.1 Å². The van der Waals surface area contributed by atoms with Crippen LogP contribution in [0.25, 0.3) is 0 Å². The molecule has 0 bridgehead atoms. The molecule has 0 saturated heterocycles. The minimum Gasteiger partial charge on any atom is -0.461 e. The lowest BCUT2D eigenvalue weighted by Crippen LogP contribution is -2.44. The summed E-state index contributed by atoms with van der Waals surface area (Å²) in [5, 5.41) is 1.86. The Morgan fingerprint density at radius 1 is 1.16 bits per heavy atom. The molecule has 2 heterocycles. The number of aromatic nitrogens is 1. The Morgan fingerprint density at radius 3 is 2.35 bits per heavy atom. The number of Topliss-reactive ketones (excluding diaryl/α,β-unsaturated/α-hetero) is 1. The fourth-order valence-corrected chi connectivity index (χ4v) is 4.56. The SMILES string of the molecule is CCOC(=O)c1c(C)c(C(=O)C(C)N(CCC(C)C)C(=O)c2cccs2)c(C)n1CC. The van der Waals surface area contributed by atoms with E-state index < -0.39 is 12.0 Å². The van der Waals surface area contributed by atoms with E-state index in [0.717, 1.165) is 12.1 Å². The van der Waals surface area contributed by atoms with Gasteiger partial charge in [-0.15, -0.1) is 11.3 Å². The molecule has 2 aromatic heterocycles. The van der Waals surface area contributed by atoms with Crippen molar-refractivity contribution in [3.63, 3.8) is 0 Å². The fraction of sp³-hybridized carbons (Fsp3) is 0.542. The van der Waals surface area contributed by atoms with Crippen molar-refractivity contribution in [1.29, 1.82) is 0 Å². The van der Waals surface area contributed by atoms with Crippen LogP contribution in [0.15, 0.2) is 17.5 Å². The summed E-state index contributed by atoms with van der Waals surface area (Å²) in [5.41, 5.74) is 2.26. The van der Waals surface area contributed by atoms with Gasteiger partial charge >= 0.3 is 5.97 Å². The van der Waals surface area contributed by atoms with Crippen LogP contribution in [0, 0.1) is 19.8 Å². The van der Waals surface area contributed by atoms with Gasteiger partial charge in [0.1, 0.15) is 5.69 Å². The summed E-state index contributed by atoms with van der Waals surface area (Å²) in [6.45, 7) is 14.6. The van der Waals surface area contributed by atoms with Gasteiger partial charge in [0.05, 0.1) is 17.5 Å². The maximum absolute atomic E-state index is 13.7. The highest BCUT2D eigenvalue weighted by molar-refractivity contribution is 7.12. The molecule has 2 rings (SSSR count). The highest BCUT2D eigenvalue weighted by atomic mass is 32.1. The number of carbonyl (C=O) groups excluding carboxylic acids is 3. The number of hydrogen-bond donors (Lipinski definition) is 0. The maximum atomic E-state index is 13.7. The molecule has 0 saturated carbocycles. The molecule has 0 spiro atoms. The number of carbonyl (C=O) groups is 3. The Labute approximate surface area is 189 Å². The fourth-order valence-electron chi connectivity index (χ4n) is 3.88. The van der Waals surface area contributed by atoms with Gasteiger partial charge in [0.15, 0.2) is 5.78 Å². The maximum Gasteiger partial charge on any atom is 0.355 e. The van der Waals surface area contributed by atoms with Crippen LogP contribution >= 0.6 is 11.3 Å². The quantitative estimate of drug-likeness (QED) is 0.375. The average Bonchev–Trinajstić information content (AvgIpc) is 3.33. The molecule has 0 aromatic carbocycles. The zero-order valence-corrected chi connectivity index (χ0v) is 20.5. The summed E-state index contributed by atoms with van der Waals surface area (Å²) in [7, 11) is 0. The molecule has 1 atom stereocenters. The van der Waals surface area contributed by atoms with Crippen molar-refractivity contribution in [3.05, 3.63) is 44.9 Å². The summed E-state index contributed by atoms with van der Waals surface area (Å²) >= 11 is 1.38. The highest BCUT2D eigenvalue weighted by Gasteiger charge is 2.33. The number of hydrogen-bond acceptors (Lipinski definition) is 5. The van der Waals surface area contributed by atoms with E-state index >= 15 is 0 Å². The van der Waals surface area contributed by atoms with E-state index in [1.165, 1.54) is 11.3 Å². The second-order valence-electron chi connectivity index (χ2n) is 8.10. The molecule has 1 amide bonds. The van der Waals surface area contributed by atoms with Gasteiger partial charge in [-0.05, 0) is 64.0 Å². The van der Waals surface area contributed by atoms with Crippen molar-refractivity contribution in [3.8, 4) is 0 Å². The molecular weight excluding hydrogens is 412 g/mol. The Kier molecular flexibility index (Phi) is 8.62. The second-order valence-corrected chi connectivity index (χ2v) is 9.05. The standard InChI is InChI=1S/C24H34N2O4S/c1-8-25-17(6)20(16(5)21(25)24(29)30-9-2)22(27)18(7)26(13-12-15(3)4)23(28)19-11-10-14-31-19/h10-11,14-15,18H,8-9,12-13H2,1-7H3. The Hall–Kier alpha value is -2.41. The van der Waals surface area contributed by atoms with Gasteiger partial charge < -0.3 is 14.2 Å². The molecule has 31 heavy (non-hydrogen) atoms. The van der Waals surface area contributed by atoms with Crippen molar-refractivity contribution in [2.75, 3.05) is 13.2 Å². The zero-order valence-electron chi connectivity index (χ0n) is 19.7. The number of thiophene rings is 1.